The van der Waals surface area contributed by atoms with Crippen molar-refractivity contribution in [1.82, 2.24) is 10.6 Å². The van der Waals surface area contributed by atoms with Crippen LogP contribution in [0.15, 0.2) is 36.4 Å². The number of benzene rings is 1. The zero-order chi connectivity index (χ0) is 20.2. The third-order valence-corrected chi connectivity index (χ3v) is 5.01. The predicted molar refractivity (Wildman–Crippen MR) is 107 cm³/mol. The number of rotatable bonds is 7. The van der Waals surface area contributed by atoms with E-state index >= 15 is 0 Å². The SMILES string of the molecule is C=C(C)C(=O)NCCCNC(=O)c1ccc(B2OC(C)(C)C(C)(C)O2)cc1. The molecule has 0 aliphatic carbocycles. The summed E-state index contributed by atoms with van der Waals surface area (Å²) in [6.45, 7) is 14.2. The molecular formula is C20H29BN2O4. The quantitative estimate of drug-likeness (QED) is 0.435. The van der Waals surface area contributed by atoms with Crippen LogP contribution >= 0.6 is 0 Å². The summed E-state index contributed by atoms with van der Waals surface area (Å²) in [6, 6.07) is 7.23. The molecule has 1 aliphatic heterocycles. The molecule has 1 aromatic rings. The summed E-state index contributed by atoms with van der Waals surface area (Å²) in [5, 5.41) is 5.57. The summed E-state index contributed by atoms with van der Waals surface area (Å²) in [7, 11) is -0.441. The molecule has 2 amide bonds. The first-order valence-electron chi connectivity index (χ1n) is 9.21. The van der Waals surface area contributed by atoms with Gasteiger partial charge in [-0.1, -0.05) is 18.7 Å². The molecule has 0 radical (unpaired) electrons. The molecule has 0 unspecified atom stereocenters. The van der Waals surface area contributed by atoms with Crippen LogP contribution in [0.1, 0.15) is 51.4 Å². The molecule has 0 saturated carbocycles. The van der Waals surface area contributed by atoms with Crippen molar-refractivity contribution in [3.8, 4) is 0 Å². The second-order valence-corrected chi connectivity index (χ2v) is 7.86. The zero-order valence-corrected chi connectivity index (χ0v) is 16.8. The van der Waals surface area contributed by atoms with Gasteiger partial charge in [0.1, 0.15) is 0 Å². The number of amides is 2. The number of hydrogen-bond donors (Lipinski definition) is 2. The molecule has 2 rings (SSSR count). The lowest BCUT2D eigenvalue weighted by atomic mass is 9.79. The van der Waals surface area contributed by atoms with Crippen LogP contribution in [0.5, 0.6) is 0 Å². The van der Waals surface area contributed by atoms with Crippen molar-refractivity contribution >= 4 is 24.4 Å². The van der Waals surface area contributed by atoms with Gasteiger partial charge in [0.15, 0.2) is 0 Å². The van der Waals surface area contributed by atoms with Gasteiger partial charge in [-0.2, -0.15) is 0 Å². The van der Waals surface area contributed by atoms with E-state index in [1.54, 1.807) is 19.1 Å². The number of nitrogens with one attached hydrogen (secondary N) is 2. The lowest BCUT2D eigenvalue weighted by molar-refractivity contribution is -0.117. The van der Waals surface area contributed by atoms with Crippen LogP contribution in [-0.2, 0) is 14.1 Å². The molecule has 1 heterocycles. The van der Waals surface area contributed by atoms with Crippen molar-refractivity contribution in [2.45, 2.75) is 52.2 Å². The lowest BCUT2D eigenvalue weighted by Gasteiger charge is -2.32. The molecule has 1 aromatic carbocycles. The summed E-state index contributed by atoms with van der Waals surface area (Å²) in [4.78, 5) is 23.6. The van der Waals surface area contributed by atoms with Gasteiger partial charge in [-0.3, -0.25) is 9.59 Å². The minimum absolute atomic E-state index is 0.151. The first kappa shape index (κ1) is 21.2. The van der Waals surface area contributed by atoms with E-state index in [1.807, 2.05) is 39.8 Å². The van der Waals surface area contributed by atoms with E-state index in [9.17, 15) is 9.59 Å². The summed E-state index contributed by atoms with van der Waals surface area (Å²) in [6.07, 6.45) is 0.650. The molecule has 0 spiro atoms. The molecule has 1 saturated heterocycles. The largest absolute Gasteiger partial charge is 0.494 e. The fourth-order valence-corrected chi connectivity index (χ4v) is 2.52. The summed E-state index contributed by atoms with van der Waals surface area (Å²) in [5.41, 5.74) is 1.13. The molecule has 6 nitrogen and oxygen atoms in total. The highest BCUT2D eigenvalue weighted by atomic mass is 16.7. The van der Waals surface area contributed by atoms with Crippen LogP contribution in [0.25, 0.3) is 0 Å². The highest BCUT2D eigenvalue weighted by Crippen LogP contribution is 2.36. The van der Waals surface area contributed by atoms with Gasteiger partial charge in [0.25, 0.3) is 5.91 Å². The topological polar surface area (TPSA) is 76.7 Å². The molecule has 0 bridgehead atoms. The first-order valence-corrected chi connectivity index (χ1v) is 9.21. The van der Waals surface area contributed by atoms with Gasteiger partial charge in [-0.15, -0.1) is 0 Å². The Morgan fingerprint density at radius 3 is 2.04 bits per heavy atom. The van der Waals surface area contributed by atoms with E-state index in [2.05, 4.69) is 17.2 Å². The third kappa shape index (κ3) is 5.20. The molecule has 27 heavy (non-hydrogen) atoms. The van der Waals surface area contributed by atoms with E-state index in [1.165, 1.54) is 0 Å². The van der Waals surface area contributed by atoms with Crippen LogP contribution in [0, 0.1) is 0 Å². The van der Waals surface area contributed by atoms with Crippen molar-refractivity contribution in [1.29, 1.82) is 0 Å². The Balaban J connectivity index is 1.82. The summed E-state index contributed by atoms with van der Waals surface area (Å²) in [5.74, 6) is -0.318. The van der Waals surface area contributed by atoms with Gasteiger partial charge < -0.3 is 19.9 Å². The molecule has 2 N–H and O–H groups in total. The molecule has 146 valence electrons. The van der Waals surface area contributed by atoms with E-state index in [0.29, 0.717) is 30.6 Å². The first-order chi connectivity index (χ1) is 12.5. The van der Waals surface area contributed by atoms with E-state index in [-0.39, 0.29) is 11.8 Å². The summed E-state index contributed by atoms with van der Waals surface area (Å²) < 4.78 is 12.0. The standard InChI is InChI=1S/C20H29BN2O4/c1-14(2)17(24)22-12-7-13-23-18(25)15-8-10-16(11-9-15)21-26-19(3,4)20(5,6)27-21/h8-11H,1,7,12-13H2,2-6H3,(H,22,24)(H,23,25). The Morgan fingerprint density at radius 2 is 1.52 bits per heavy atom. The second kappa shape index (κ2) is 8.27. The van der Waals surface area contributed by atoms with Crippen molar-refractivity contribution in [2.75, 3.05) is 13.1 Å². The Morgan fingerprint density at radius 1 is 1.00 bits per heavy atom. The average Bonchev–Trinajstić information content (AvgIpc) is 2.82. The van der Waals surface area contributed by atoms with Gasteiger partial charge in [0.05, 0.1) is 11.2 Å². The van der Waals surface area contributed by atoms with Crippen LogP contribution < -0.4 is 16.1 Å². The minimum Gasteiger partial charge on any atom is -0.399 e. The van der Waals surface area contributed by atoms with Crippen LogP contribution in [-0.4, -0.2) is 43.2 Å². The molecule has 0 atom stereocenters. The van der Waals surface area contributed by atoms with Gasteiger partial charge in [0.2, 0.25) is 5.91 Å². The molecule has 7 heteroatoms. The van der Waals surface area contributed by atoms with Crippen molar-refractivity contribution in [3.63, 3.8) is 0 Å². The molecule has 1 fully saturated rings. The molecule has 0 aromatic heterocycles. The van der Waals surface area contributed by atoms with Crippen LogP contribution in [0.3, 0.4) is 0 Å². The second-order valence-electron chi connectivity index (χ2n) is 7.86. The minimum atomic E-state index is -0.441. The summed E-state index contributed by atoms with van der Waals surface area (Å²) >= 11 is 0. The van der Waals surface area contributed by atoms with Crippen LogP contribution in [0.2, 0.25) is 0 Å². The van der Waals surface area contributed by atoms with Crippen molar-refractivity contribution in [3.05, 3.63) is 42.0 Å². The Bertz CT molecular complexity index is 697. The maximum Gasteiger partial charge on any atom is 0.494 e. The lowest BCUT2D eigenvalue weighted by Crippen LogP contribution is -2.41. The van der Waals surface area contributed by atoms with E-state index < -0.39 is 18.3 Å². The van der Waals surface area contributed by atoms with Gasteiger partial charge in [-0.25, -0.2) is 0 Å². The average molecular weight is 372 g/mol. The zero-order valence-electron chi connectivity index (χ0n) is 16.8. The van der Waals surface area contributed by atoms with Gasteiger partial charge >= 0.3 is 7.12 Å². The fraction of sp³-hybridized carbons (Fsp3) is 0.500. The number of carbonyl (C=O) groups excluding carboxylic acids is 2. The number of hydrogen-bond acceptors (Lipinski definition) is 4. The normalized spacial score (nSPS) is 17.4. The fourth-order valence-electron chi connectivity index (χ4n) is 2.52. The van der Waals surface area contributed by atoms with Crippen LogP contribution in [0.4, 0.5) is 0 Å². The van der Waals surface area contributed by atoms with E-state index in [0.717, 1.165) is 5.46 Å². The highest BCUT2D eigenvalue weighted by molar-refractivity contribution is 6.62. The van der Waals surface area contributed by atoms with Crippen molar-refractivity contribution in [2.24, 2.45) is 0 Å². The molecular weight excluding hydrogens is 343 g/mol. The maximum absolute atomic E-state index is 12.2. The maximum atomic E-state index is 12.2. The van der Waals surface area contributed by atoms with Gasteiger partial charge in [0, 0.05) is 24.2 Å². The van der Waals surface area contributed by atoms with Gasteiger partial charge in [-0.05, 0) is 58.6 Å². The Labute approximate surface area is 161 Å². The smallest absolute Gasteiger partial charge is 0.399 e. The predicted octanol–water partition coefficient (Wildman–Crippen LogP) is 1.80. The molecule has 1 aliphatic rings. The van der Waals surface area contributed by atoms with E-state index in [4.69, 9.17) is 9.31 Å². The van der Waals surface area contributed by atoms with Crippen molar-refractivity contribution < 1.29 is 18.9 Å². The Kier molecular flexibility index (Phi) is 6.49. The third-order valence-electron chi connectivity index (χ3n) is 5.01. The highest BCUT2D eigenvalue weighted by Gasteiger charge is 2.51. The monoisotopic (exact) mass is 372 g/mol. The Hall–Kier alpha value is -2.12. The number of carbonyl (C=O) groups is 2.